The molecule has 1 unspecified atom stereocenters. The number of aromatic nitrogens is 2. The fourth-order valence-electron chi connectivity index (χ4n) is 1.76. The summed E-state index contributed by atoms with van der Waals surface area (Å²) in [7, 11) is 0. The van der Waals surface area contributed by atoms with E-state index in [1.165, 1.54) is 6.92 Å². The minimum absolute atomic E-state index is 0.251. The second kappa shape index (κ2) is 6.71. The van der Waals surface area contributed by atoms with Gasteiger partial charge in [-0.2, -0.15) is 23.0 Å². The van der Waals surface area contributed by atoms with E-state index in [-0.39, 0.29) is 16.8 Å². The third kappa shape index (κ3) is 4.08. The molecule has 0 aliphatic heterocycles. The maximum absolute atomic E-state index is 14.0. The van der Waals surface area contributed by atoms with Crippen LogP contribution in [0.1, 0.15) is 12.5 Å². The first kappa shape index (κ1) is 18.7. The summed E-state index contributed by atoms with van der Waals surface area (Å²) in [6.07, 6.45) is -5.77. The Kier molecular flexibility index (Phi) is 5.02. The van der Waals surface area contributed by atoms with Gasteiger partial charge >= 0.3 is 12.1 Å². The van der Waals surface area contributed by atoms with Gasteiger partial charge < -0.3 is 9.84 Å². The summed E-state index contributed by atoms with van der Waals surface area (Å²) in [5, 5.41) is 11.8. The van der Waals surface area contributed by atoms with Crippen LogP contribution in [0.25, 0.3) is 5.69 Å². The molecular formula is C14H9ClF4N2O4. The van der Waals surface area contributed by atoms with E-state index in [0.717, 1.165) is 12.1 Å². The third-order valence-electron chi connectivity index (χ3n) is 3.01. The molecule has 25 heavy (non-hydrogen) atoms. The van der Waals surface area contributed by atoms with Gasteiger partial charge in [0, 0.05) is 12.1 Å². The molecule has 0 spiro atoms. The van der Waals surface area contributed by atoms with Gasteiger partial charge in [-0.15, -0.1) is 0 Å². The van der Waals surface area contributed by atoms with Crippen molar-refractivity contribution in [3.8, 4) is 11.4 Å². The Hall–Kier alpha value is -2.62. The lowest BCUT2D eigenvalue weighted by molar-refractivity contribution is -0.144. The minimum Gasteiger partial charge on any atom is -0.479 e. The maximum atomic E-state index is 14.0. The number of rotatable bonds is 4. The van der Waals surface area contributed by atoms with Gasteiger partial charge in [0.15, 0.2) is 11.9 Å². The van der Waals surface area contributed by atoms with Crippen molar-refractivity contribution in [3.63, 3.8) is 0 Å². The lowest BCUT2D eigenvalue weighted by Crippen LogP contribution is -2.25. The Morgan fingerprint density at radius 1 is 1.36 bits per heavy atom. The van der Waals surface area contributed by atoms with Gasteiger partial charge in [-0.1, -0.05) is 11.6 Å². The number of ether oxygens (including phenoxy) is 1. The van der Waals surface area contributed by atoms with Crippen LogP contribution >= 0.6 is 11.6 Å². The first-order chi connectivity index (χ1) is 11.5. The average Bonchev–Trinajstić information content (AvgIpc) is 2.49. The van der Waals surface area contributed by atoms with E-state index >= 15 is 0 Å². The number of hydrogen-bond donors (Lipinski definition) is 1. The van der Waals surface area contributed by atoms with Crippen molar-refractivity contribution in [1.29, 1.82) is 0 Å². The van der Waals surface area contributed by atoms with Gasteiger partial charge in [0.2, 0.25) is 0 Å². The van der Waals surface area contributed by atoms with E-state index in [4.69, 9.17) is 21.4 Å². The SMILES string of the molecule is CC(Oc1cc(-n2ncc(C(F)(F)F)cc2=O)c(F)cc1Cl)C(=O)O. The van der Waals surface area contributed by atoms with Crippen molar-refractivity contribution in [2.45, 2.75) is 19.2 Å². The highest BCUT2D eigenvalue weighted by Crippen LogP contribution is 2.31. The summed E-state index contributed by atoms with van der Waals surface area (Å²) >= 11 is 5.75. The molecule has 0 aliphatic carbocycles. The quantitative estimate of drug-likeness (QED) is 0.825. The van der Waals surface area contributed by atoms with Crippen LogP contribution < -0.4 is 10.3 Å². The minimum atomic E-state index is -4.78. The molecule has 1 heterocycles. The molecule has 6 nitrogen and oxygen atoms in total. The van der Waals surface area contributed by atoms with Crippen LogP contribution in [0.3, 0.4) is 0 Å². The molecule has 134 valence electrons. The van der Waals surface area contributed by atoms with Gasteiger partial charge in [0.1, 0.15) is 11.4 Å². The van der Waals surface area contributed by atoms with Crippen LogP contribution in [0.15, 0.2) is 29.2 Å². The number of halogens is 5. The molecular weight excluding hydrogens is 372 g/mol. The molecule has 1 aromatic carbocycles. The first-order valence-corrected chi connectivity index (χ1v) is 6.94. The maximum Gasteiger partial charge on any atom is 0.418 e. The zero-order valence-electron chi connectivity index (χ0n) is 12.3. The van der Waals surface area contributed by atoms with Crippen molar-refractivity contribution in [1.82, 2.24) is 9.78 Å². The zero-order valence-corrected chi connectivity index (χ0v) is 13.1. The largest absolute Gasteiger partial charge is 0.479 e. The molecule has 1 N–H and O–H groups in total. The highest BCUT2D eigenvalue weighted by Gasteiger charge is 2.32. The first-order valence-electron chi connectivity index (χ1n) is 6.56. The van der Waals surface area contributed by atoms with Gasteiger partial charge in [-0.25, -0.2) is 9.18 Å². The topological polar surface area (TPSA) is 81.4 Å². The van der Waals surface area contributed by atoms with E-state index in [9.17, 15) is 27.2 Å². The summed E-state index contributed by atoms with van der Waals surface area (Å²) in [5.74, 6) is -2.66. The lowest BCUT2D eigenvalue weighted by atomic mass is 10.2. The molecule has 0 saturated carbocycles. The van der Waals surface area contributed by atoms with Gasteiger partial charge in [-0.3, -0.25) is 4.79 Å². The van der Waals surface area contributed by atoms with Crippen molar-refractivity contribution in [2.24, 2.45) is 0 Å². The summed E-state index contributed by atoms with van der Waals surface area (Å²) in [4.78, 5) is 22.6. The highest BCUT2D eigenvalue weighted by atomic mass is 35.5. The number of alkyl halides is 3. The van der Waals surface area contributed by atoms with E-state index in [0.29, 0.717) is 10.9 Å². The molecule has 2 rings (SSSR count). The molecule has 1 atom stereocenters. The number of nitrogens with zero attached hydrogens (tertiary/aromatic N) is 2. The van der Waals surface area contributed by atoms with Crippen molar-refractivity contribution in [2.75, 3.05) is 0 Å². The molecule has 0 saturated heterocycles. The average molecular weight is 381 g/mol. The fourth-order valence-corrected chi connectivity index (χ4v) is 1.95. The summed E-state index contributed by atoms with van der Waals surface area (Å²) in [6, 6.07) is 1.85. The number of carboxylic acid groups (broad SMARTS) is 1. The summed E-state index contributed by atoms with van der Waals surface area (Å²) < 4.78 is 57.1. The van der Waals surface area contributed by atoms with Crippen LogP contribution in [-0.2, 0) is 11.0 Å². The van der Waals surface area contributed by atoms with E-state index in [2.05, 4.69) is 5.10 Å². The Morgan fingerprint density at radius 2 is 2.00 bits per heavy atom. The summed E-state index contributed by atoms with van der Waals surface area (Å²) in [6.45, 7) is 1.18. The smallest absolute Gasteiger partial charge is 0.418 e. The number of hydrogen-bond acceptors (Lipinski definition) is 4. The second-order valence-electron chi connectivity index (χ2n) is 4.82. The number of carboxylic acids is 1. The molecule has 0 amide bonds. The van der Waals surface area contributed by atoms with Crippen molar-refractivity contribution in [3.05, 3.63) is 51.2 Å². The number of aliphatic carboxylic acids is 1. The van der Waals surface area contributed by atoms with Gasteiger partial charge in [-0.05, 0) is 13.0 Å². The van der Waals surface area contributed by atoms with Gasteiger partial charge in [0.25, 0.3) is 5.56 Å². The molecule has 0 radical (unpaired) electrons. The Morgan fingerprint density at radius 3 is 2.52 bits per heavy atom. The Balaban J connectivity index is 2.53. The normalized spacial score (nSPS) is 12.7. The molecule has 1 aromatic heterocycles. The van der Waals surface area contributed by atoms with E-state index in [1.807, 2.05) is 0 Å². The van der Waals surface area contributed by atoms with Gasteiger partial charge in [0.05, 0.1) is 16.8 Å². The molecule has 0 aliphatic rings. The Bertz CT molecular complexity index is 882. The number of benzene rings is 1. The molecule has 0 bridgehead atoms. The summed E-state index contributed by atoms with van der Waals surface area (Å²) in [5.41, 5.74) is -3.08. The predicted molar refractivity (Wildman–Crippen MR) is 77.5 cm³/mol. The van der Waals surface area contributed by atoms with E-state index < -0.39 is 40.9 Å². The van der Waals surface area contributed by atoms with E-state index in [1.54, 1.807) is 0 Å². The van der Waals surface area contributed by atoms with Crippen LogP contribution in [-0.4, -0.2) is 27.0 Å². The number of carbonyl (C=O) groups is 1. The van der Waals surface area contributed by atoms with Crippen LogP contribution in [0.2, 0.25) is 5.02 Å². The van der Waals surface area contributed by atoms with Crippen molar-refractivity contribution >= 4 is 17.6 Å². The lowest BCUT2D eigenvalue weighted by Gasteiger charge is -2.14. The second-order valence-corrected chi connectivity index (χ2v) is 5.23. The molecule has 0 fully saturated rings. The zero-order chi connectivity index (χ0) is 18.9. The third-order valence-corrected chi connectivity index (χ3v) is 3.30. The monoisotopic (exact) mass is 380 g/mol. The van der Waals surface area contributed by atoms with Crippen molar-refractivity contribution < 1.29 is 32.2 Å². The molecule has 11 heteroatoms. The highest BCUT2D eigenvalue weighted by molar-refractivity contribution is 6.32. The fraction of sp³-hybridized carbons (Fsp3) is 0.214. The Labute approximate surface area is 142 Å². The predicted octanol–water partition coefficient (Wildman–Crippen LogP) is 2.90. The van der Waals surface area contributed by atoms with Crippen LogP contribution in [0.4, 0.5) is 17.6 Å². The van der Waals surface area contributed by atoms with Crippen LogP contribution in [0, 0.1) is 5.82 Å². The standard InChI is InChI=1S/C14H9ClF4N2O4/c1-6(13(23)24)25-11-4-10(9(16)3-8(11)15)21-12(22)2-7(5-20-21)14(17,18)19/h2-6H,1H3,(H,23,24). The van der Waals surface area contributed by atoms with Crippen LogP contribution in [0.5, 0.6) is 5.75 Å². The molecule has 2 aromatic rings.